The topological polar surface area (TPSA) is 238 Å². The van der Waals surface area contributed by atoms with Crippen molar-refractivity contribution in [3.05, 3.63) is 319 Å². The second-order valence-electron chi connectivity index (χ2n) is 28.3. The number of pyridine rings is 3. The molecule has 0 aliphatic carbocycles. The molecule has 0 radical (unpaired) electrons. The minimum atomic E-state index is -0.0351. The number of hydrogen-bond acceptors (Lipinski definition) is 15. The molecule has 6 aromatic carbocycles. The number of phenols is 3. The summed E-state index contributed by atoms with van der Waals surface area (Å²) in [5.74, 6) is 2.52. The summed E-state index contributed by atoms with van der Waals surface area (Å²) in [6, 6.07) is 53.6. The largest absolute Gasteiger partial charge is 0.506 e. The van der Waals surface area contributed by atoms with Gasteiger partial charge in [0, 0.05) is 129 Å². The molecule has 6 heterocycles. The molecule has 18 nitrogen and oxygen atoms in total. The number of nitrogens with zero attached hydrogens (tertiary/aromatic N) is 12. The summed E-state index contributed by atoms with van der Waals surface area (Å²) in [6.45, 7) is 19.4. The van der Waals surface area contributed by atoms with Crippen LogP contribution in [0.3, 0.4) is 0 Å². The zero-order chi connectivity index (χ0) is 79.1. The van der Waals surface area contributed by atoms with Gasteiger partial charge in [0.25, 0.3) is 17.7 Å². The monoisotopic (exact) mass is 1540 g/mol. The van der Waals surface area contributed by atoms with Gasteiger partial charge in [-0.15, -0.1) is 0 Å². The van der Waals surface area contributed by atoms with E-state index in [1.807, 2.05) is 192 Å². The normalized spacial score (nSPS) is 11.1. The molecule has 0 aliphatic heterocycles. The lowest BCUT2D eigenvalue weighted by molar-refractivity contribution is 0.0681. The van der Waals surface area contributed by atoms with Gasteiger partial charge in [-0.05, 0) is 242 Å². The first-order valence-electron chi connectivity index (χ1n) is 37.3. The van der Waals surface area contributed by atoms with Gasteiger partial charge in [-0.1, -0.05) is 108 Å². The number of aromatic nitrogens is 9. The van der Waals surface area contributed by atoms with Crippen molar-refractivity contribution in [2.24, 2.45) is 0 Å². The first kappa shape index (κ1) is 82.2. The number of halogens is 3. The molecule has 0 bridgehead atoms. The maximum absolute atomic E-state index is 13.3. The Balaban J connectivity index is 0.000000177. The van der Waals surface area contributed by atoms with Crippen LogP contribution in [0.25, 0.3) is 33.8 Å². The standard InChI is InChI=1S/3C30H31ClN4O2/c1-20(2)35(30(37)25-12-10-21(3)33-18-25)19-23-7-4-8-24(16-23)27-14-15-32-29(34-27)9-5-6-22-11-13-28(36)26(31)17-22;1-20(2)35(30(37)25-18-32-14-12-21(25)3)19-23-7-4-8-24(16-23)27-13-15-33-29(34-27)9-5-6-22-10-11-28(36)26(31)17-22;1-20(2)35(30(37)25-14-21(3)17-32-18-25)19-23-7-4-8-24(15-23)27-12-13-33-29(34-27)9-5-6-22-10-11-28(36)26(31)16-22/h3*4,7-8,10-18,20,36H,5-6,9,19H2,1-3H3. The van der Waals surface area contributed by atoms with Gasteiger partial charge in [0.15, 0.2) is 0 Å². The first-order chi connectivity index (χ1) is 53.4. The maximum Gasteiger partial charge on any atom is 0.256 e. The minimum Gasteiger partial charge on any atom is -0.506 e. The Kier molecular flexibility index (Phi) is 29.5. The van der Waals surface area contributed by atoms with Crippen LogP contribution >= 0.6 is 34.8 Å². The average Bonchev–Trinajstić information content (AvgIpc) is 0.831. The van der Waals surface area contributed by atoms with Crippen molar-refractivity contribution in [3.8, 4) is 51.0 Å². The highest BCUT2D eigenvalue weighted by Gasteiger charge is 2.24. The Labute approximate surface area is 665 Å². The van der Waals surface area contributed by atoms with Crippen LogP contribution in [0.15, 0.2) is 219 Å². The molecule has 6 aromatic heterocycles. The van der Waals surface area contributed by atoms with Crippen molar-refractivity contribution >= 4 is 52.5 Å². The van der Waals surface area contributed by atoms with Crippen molar-refractivity contribution in [2.45, 2.75) is 158 Å². The first-order valence-corrected chi connectivity index (χ1v) is 38.4. The van der Waals surface area contributed by atoms with E-state index in [0.717, 1.165) is 159 Å². The fourth-order valence-corrected chi connectivity index (χ4v) is 13.1. The Hall–Kier alpha value is -11.3. The summed E-state index contributed by atoms with van der Waals surface area (Å²) >= 11 is 18.0. The van der Waals surface area contributed by atoms with Crippen molar-refractivity contribution < 1.29 is 29.7 Å². The molecule has 12 rings (SSSR count). The van der Waals surface area contributed by atoms with E-state index in [2.05, 4.69) is 48.1 Å². The third kappa shape index (κ3) is 23.8. The molecule has 12 aromatic rings. The molecule has 0 saturated heterocycles. The number of amides is 3. The fourth-order valence-electron chi connectivity index (χ4n) is 12.5. The molecule has 0 aliphatic rings. The fraction of sp³-hybridized carbons (Fsp3) is 0.267. The SMILES string of the molecule is Cc1ccc(C(=O)N(Cc2cccc(-c3ccnc(CCCc4ccc(O)c(Cl)c4)n3)c2)C(C)C)cn1.Cc1ccncc1C(=O)N(Cc1cccc(-c2ccnc(CCCc3ccc(O)c(Cl)c3)n2)c1)C(C)C.Cc1cncc(C(=O)N(Cc2cccc(-c3ccnc(CCCc4ccc(O)c(Cl)c4)n3)c2)C(C)C)c1. The number of aryl methyl sites for hydroxylation is 9. The molecule has 21 heteroatoms. The van der Waals surface area contributed by atoms with Crippen LogP contribution in [0.1, 0.15) is 160 Å². The van der Waals surface area contributed by atoms with E-state index in [4.69, 9.17) is 49.8 Å². The summed E-state index contributed by atoms with van der Waals surface area (Å²) in [5.41, 5.74) is 16.4. The van der Waals surface area contributed by atoms with Crippen molar-refractivity contribution in [3.63, 3.8) is 0 Å². The number of rotatable bonds is 27. The van der Waals surface area contributed by atoms with Crippen molar-refractivity contribution in [2.75, 3.05) is 0 Å². The van der Waals surface area contributed by atoms with E-state index < -0.39 is 0 Å². The van der Waals surface area contributed by atoms with Gasteiger partial charge in [-0.25, -0.2) is 29.9 Å². The quantitative estimate of drug-likeness (QED) is 0.0434. The molecule has 0 atom stereocenters. The zero-order valence-electron chi connectivity index (χ0n) is 64.1. The maximum atomic E-state index is 13.3. The number of hydrogen-bond donors (Lipinski definition) is 3. The predicted molar refractivity (Wildman–Crippen MR) is 440 cm³/mol. The lowest BCUT2D eigenvalue weighted by Gasteiger charge is -2.27. The summed E-state index contributed by atoms with van der Waals surface area (Å²) < 4.78 is 0. The Morgan fingerprint density at radius 2 is 0.766 bits per heavy atom. The lowest BCUT2D eigenvalue weighted by Crippen LogP contribution is -2.36. The van der Waals surface area contributed by atoms with Crippen LogP contribution in [-0.4, -0.2) is 111 Å². The van der Waals surface area contributed by atoms with Crippen LogP contribution in [0.5, 0.6) is 17.2 Å². The average molecular weight is 1550 g/mol. The molecule has 0 unspecified atom stereocenters. The second kappa shape index (κ2) is 39.9. The van der Waals surface area contributed by atoms with E-state index in [0.29, 0.717) is 51.4 Å². The van der Waals surface area contributed by atoms with E-state index in [9.17, 15) is 29.7 Å². The van der Waals surface area contributed by atoms with Crippen LogP contribution in [0.2, 0.25) is 15.1 Å². The summed E-state index contributed by atoms with van der Waals surface area (Å²) in [4.78, 5) is 85.6. The number of carbonyl (C=O) groups excluding carboxylic acids is 3. The third-order valence-electron chi connectivity index (χ3n) is 18.7. The number of benzene rings is 6. The van der Waals surface area contributed by atoms with Gasteiger partial charge in [0.2, 0.25) is 0 Å². The number of carbonyl (C=O) groups is 3. The predicted octanol–water partition coefficient (Wildman–Crippen LogP) is 19.3. The Bertz CT molecular complexity index is 5160. The zero-order valence-corrected chi connectivity index (χ0v) is 66.3. The molecular weight excluding hydrogens is 1450 g/mol. The minimum absolute atomic E-state index is 0.0229. The molecule has 3 amide bonds. The van der Waals surface area contributed by atoms with Gasteiger partial charge < -0.3 is 30.0 Å². The molecule has 570 valence electrons. The molecule has 0 fully saturated rings. The summed E-state index contributed by atoms with van der Waals surface area (Å²) in [7, 11) is 0. The number of aromatic hydroxyl groups is 3. The second-order valence-corrected chi connectivity index (χ2v) is 29.5. The van der Waals surface area contributed by atoms with Gasteiger partial charge in [-0.3, -0.25) is 29.3 Å². The van der Waals surface area contributed by atoms with Crippen LogP contribution in [0.4, 0.5) is 0 Å². The van der Waals surface area contributed by atoms with Crippen LogP contribution in [0, 0.1) is 20.8 Å². The number of phenolic OH excluding ortho intramolecular Hbond substituents is 3. The lowest BCUT2D eigenvalue weighted by atomic mass is 10.1. The summed E-state index contributed by atoms with van der Waals surface area (Å²) in [6.07, 6.45) is 21.0. The van der Waals surface area contributed by atoms with Gasteiger partial charge in [0.1, 0.15) is 34.7 Å². The highest BCUT2D eigenvalue weighted by Crippen LogP contribution is 2.30. The highest BCUT2D eigenvalue weighted by atomic mass is 35.5. The molecule has 111 heavy (non-hydrogen) atoms. The van der Waals surface area contributed by atoms with E-state index in [-0.39, 0.29) is 53.1 Å². The van der Waals surface area contributed by atoms with Crippen LogP contribution < -0.4 is 0 Å². The molecular formula is C90H93Cl3N12O6. The molecule has 0 saturated carbocycles. The Morgan fingerprint density at radius 1 is 0.369 bits per heavy atom. The van der Waals surface area contributed by atoms with Crippen molar-refractivity contribution in [1.82, 2.24) is 59.6 Å². The summed E-state index contributed by atoms with van der Waals surface area (Å²) in [5, 5.41) is 29.9. The molecule has 3 N–H and O–H groups in total. The third-order valence-corrected chi connectivity index (χ3v) is 19.6. The molecule has 0 spiro atoms. The van der Waals surface area contributed by atoms with Gasteiger partial charge >= 0.3 is 0 Å². The van der Waals surface area contributed by atoms with Gasteiger partial charge in [0.05, 0.1) is 48.8 Å². The van der Waals surface area contributed by atoms with E-state index in [1.54, 1.807) is 86.0 Å². The Morgan fingerprint density at radius 3 is 1.13 bits per heavy atom. The van der Waals surface area contributed by atoms with Crippen molar-refractivity contribution in [1.29, 1.82) is 0 Å². The van der Waals surface area contributed by atoms with E-state index in [1.165, 1.54) is 0 Å². The van der Waals surface area contributed by atoms with Gasteiger partial charge in [-0.2, -0.15) is 0 Å². The van der Waals surface area contributed by atoms with E-state index >= 15 is 0 Å². The smallest absolute Gasteiger partial charge is 0.256 e. The highest BCUT2D eigenvalue weighted by molar-refractivity contribution is 6.32. The van der Waals surface area contributed by atoms with Crippen LogP contribution in [-0.2, 0) is 58.2 Å².